The van der Waals surface area contributed by atoms with Crippen molar-refractivity contribution in [2.24, 2.45) is 5.41 Å². The first-order valence-corrected chi connectivity index (χ1v) is 10.6. The lowest BCUT2D eigenvalue weighted by Crippen LogP contribution is -2.27. The largest absolute Gasteiger partial charge is 0.493 e. The van der Waals surface area contributed by atoms with Gasteiger partial charge in [-0.15, -0.1) is 0 Å². The van der Waals surface area contributed by atoms with Crippen molar-refractivity contribution in [2.45, 2.75) is 20.3 Å². The summed E-state index contributed by atoms with van der Waals surface area (Å²) in [6.45, 7) is 3.91. The molecule has 0 bridgehead atoms. The van der Waals surface area contributed by atoms with Gasteiger partial charge in [0.25, 0.3) is 0 Å². The number of fused-ring (bicyclic) bond motifs is 1. The fourth-order valence-corrected chi connectivity index (χ4v) is 3.98. The molecule has 33 heavy (non-hydrogen) atoms. The van der Waals surface area contributed by atoms with Crippen molar-refractivity contribution >= 4 is 16.9 Å². The molecule has 0 spiro atoms. The molecule has 0 saturated carbocycles. The molecule has 1 N–H and O–H groups in total. The smallest absolute Gasteiger partial charge is 0.203 e. The number of ketones is 1. The van der Waals surface area contributed by atoms with Crippen LogP contribution in [0.4, 0.5) is 0 Å². The SMILES string of the molecule is COc1cc(-c2cnc3[nH]cc(C(=O)C(C)(C)Cc4ccccc4)c3n2)cc(OC)c1OC. The second-order valence-electron chi connectivity index (χ2n) is 8.44. The Morgan fingerprint density at radius 3 is 2.27 bits per heavy atom. The van der Waals surface area contributed by atoms with Crippen LogP contribution in [0.25, 0.3) is 22.4 Å². The third-order valence-corrected chi connectivity index (χ3v) is 5.69. The van der Waals surface area contributed by atoms with Gasteiger partial charge in [0, 0.05) is 17.2 Å². The van der Waals surface area contributed by atoms with Gasteiger partial charge in [-0.05, 0) is 24.1 Å². The summed E-state index contributed by atoms with van der Waals surface area (Å²) < 4.78 is 16.3. The minimum atomic E-state index is -0.610. The minimum Gasteiger partial charge on any atom is -0.493 e. The highest BCUT2D eigenvalue weighted by Gasteiger charge is 2.31. The van der Waals surface area contributed by atoms with Crippen molar-refractivity contribution in [1.82, 2.24) is 15.0 Å². The zero-order valence-electron chi connectivity index (χ0n) is 19.4. The van der Waals surface area contributed by atoms with Gasteiger partial charge in [0.2, 0.25) is 5.75 Å². The first kappa shape index (κ1) is 22.3. The molecular formula is C26H27N3O4. The molecule has 2 aromatic carbocycles. The third-order valence-electron chi connectivity index (χ3n) is 5.69. The summed E-state index contributed by atoms with van der Waals surface area (Å²) in [5, 5.41) is 0. The van der Waals surface area contributed by atoms with Crippen LogP contribution in [0, 0.1) is 5.41 Å². The van der Waals surface area contributed by atoms with E-state index in [2.05, 4.69) is 9.97 Å². The fraction of sp³-hybridized carbons (Fsp3) is 0.269. The number of aromatic nitrogens is 3. The summed E-state index contributed by atoms with van der Waals surface area (Å²) in [4.78, 5) is 25.9. The van der Waals surface area contributed by atoms with E-state index in [1.165, 1.54) is 0 Å². The van der Waals surface area contributed by atoms with E-state index in [1.807, 2.05) is 56.3 Å². The van der Waals surface area contributed by atoms with E-state index in [0.717, 1.165) is 11.1 Å². The number of nitrogens with one attached hydrogen (secondary N) is 1. The average Bonchev–Trinajstić information content (AvgIpc) is 3.25. The fourth-order valence-electron chi connectivity index (χ4n) is 3.98. The molecule has 0 unspecified atom stereocenters. The maximum absolute atomic E-state index is 13.5. The van der Waals surface area contributed by atoms with E-state index >= 15 is 0 Å². The van der Waals surface area contributed by atoms with Crippen molar-refractivity contribution in [3.8, 4) is 28.5 Å². The van der Waals surface area contributed by atoms with Crippen molar-refractivity contribution in [3.05, 3.63) is 66.0 Å². The quantitative estimate of drug-likeness (QED) is 0.380. The second kappa shape index (κ2) is 8.94. The minimum absolute atomic E-state index is 0.00828. The summed E-state index contributed by atoms with van der Waals surface area (Å²) in [5.74, 6) is 1.54. The number of hydrogen-bond acceptors (Lipinski definition) is 6. The van der Waals surface area contributed by atoms with E-state index in [4.69, 9.17) is 19.2 Å². The molecule has 4 rings (SSSR count). The summed E-state index contributed by atoms with van der Waals surface area (Å²) in [6.07, 6.45) is 3.97. The van der Waals surface area contributed by atoms with E-state index in [0.29, 0.717) is 46.1 Å². The molecule has 7 nitrogen and oxygen atoms in total. The zero-order valence-corrected chi connectivity index (χ0v) is 19.4. The zero-order chi connectivity index (χ0) is 23.6. The standard InChI is InChI=1S/C26H27N3O4/c1-26(2,13-16-9-7-6-8-10-16)24(30)18-14-27-25-22(18)29-19(15-28-25)17-11-20(31-3)23(33-5)21(12-17)32-4/h6-12,14-15H,13H2,1-5H3,(H,27,28). The lowest BCUT2D eigenvalue weighted by molar-refractivity contribution is 0.0839. The van der Waals surface area contributed by atoms with Gasteiger partial charge in [-0.25, -0.2) is 9.97 Å². The number of H-pyrrole nitrogens is 1. The molecule has 0 radical (unpaired) electrons. The van der Waals surface area contributed by atoms with Crippen LogP contribution in [0.2, 0.25) is 0 Å². The van der Waals surface area contributed by atoms with E-state index in [1.54, 1.807) is 33.7 Å². The molecule has 0 aliphatic rings. The molecule has 0 aliphatic heterocycles. The predicted octanol–water partition coefficient (Wildman–Crippen LogP) is 5.10. The Hall–Kier alpha value is -3.87. The number of benzene rings is 2. The summed E-state index contributed by atoms with van der Waals surface area (Å²) in [6, 6.07) is 13.6. The van der Waals surface area contributed by atoms with Crippen molar-refractivity contribution in [2.75, 3.05) is 21.3 Å². The highest BCUT2D eigenvalue weighted by atomic mass is 16.5. The monoisotopic (exact) mass is 445 g/mol. The third kappa shape index (κ3) is 4.26. The Morgan fingerprint density at radius 2 is 1.67 bits per heavy atom. The number of Topliss-reactive ketones (excluding diaryl/α,β-unsaturated/α-hetero) is 1. The van der Waals surface area contributed by atoms with Crippen LogP contribution in [0.3, 0.4) is 0 Å². The van der Waals surface area contributed by atoms with Crippen molar-refractivity contribution < 1.29 is 19.0 Å². The van der Waals surface area contributed by atoms with Gasteiger partial charge in [0.15, 0.2) is 22.9 Å². The summed E-state index contributed by atoms with van der Waals surface area (Å²) >= 11 is 0. The Kier molecular flexibility index (Phi) is 6.05. The molecule has 2 aromatic heterocycles. The van der Waals surface area contributed by atoms with Gasteiger partial charge in [-0.2, -0.15) is 0 Å². The summed E-state index contributed by atoms with van der Waals surface area (Å²) in [7, 11) is 4.68. The molecule has 0 fully saturated rings. The Bertz CT molecular complexity index is 1270. The van der Waals surface area contributed by atoms with E-state index in [9.17, 15) is 4.79 Å². The number of hydrogen-bond donors (Lipinski definition) is 1. The highest BCUT2D eigenvalue weighted by molar-refractivity contribution is 6.08. The molecule has 170 valence electrons. The van der Waals surface area contributed by atoms with E-state index < -0.39 is 5.41 Å². The Balaban J connectivity index is 1.75. The predicted molar refractivity (Wildman–Crippen MR) is 127 cm³/mol. The number of ether oxygens (including phenoxy) is 3. The number of rotatable bonds is 8. The van der Waals surface area contributed by atoms with Gasteiger partial charge < -0.3 is 19.2 Å². The van der Waals surface area contributed by atoms with Gasteiger partial charge in [-0.3, -0.25) is 4.79 Å². The lowest BCUT2D eigenvalue weighted by Gasteiger charge is -2.22. The highest BCUT2D eigenvalue weighted by Crippen LogP contribution is 2.41. The van der Waals surface area contributed by atoms with Gasteiger partial charge >= 0.3 is 0 Å². The van der Waals surface area contributed by atoms with Crippen LogP contribution < -0.4 is 14.2 Å². The van der Waals surface area contributed by atoms with Crippen LogP contribution >= 0.6 is 0 Å². The van der Waals surface area contributed by atoms with Gasteiger partial charge in [-0.1, -0.05) is 44.2 Å². The van der Waals surface area contributed by atoms with E-state index in [-0.39, 0.29) is 5.78 Å². The maximum Gasteiger partial charge on any atom is 0.203 e. The van der Waals surface area contributed by atoms with Crippen molar-refractivity contribution in [1.29, 1.82) is 0 Å². The summed E-state index contributed by atoms with van der Waals surface area (Å²) in [5.41, 5.74) is 3.45. The molecule has 0 amide bonds. The first-order chi connectivity index (χ1) is 15.9. The van der Waals surface area contributed by atoms with Gasteiger partial charge in [0.05, 0.1) is 38.8 Å². The molecular weight excluding hydrogens is 418 g/mol. The van der Waals surface area contributed by atoms with Crippen LogP contribution in [0.1, 0.15) is 29.8 Å². The normalized spacial score (nSPS) is 11.4. The molecule has 7 heteroatoms. The number of methoxy groups -OCH3 is 3. The Labute approximate surface area is 192 Å². The van der Waals surface area contributed by atoms with Crippen LogP contribution in [0.5, 0.6) is 17.2 Å². The number of carbonyl (C=O) groups is 1. The molecule has 4 aromatic rings. The first-order valence-electron chi connectivity index (χ1n) is 10.6. The number of carbonyl (C=O) groups excluding carboxylic acids is 1. The van der Waals surface area contributed by atoms with Crippen LogP contribution in [-0.4, -0.2) is 42.1 Å². The molecule has 2 heterocycles. The lowest BCUT2D eigenvalue weighted by atomic mass is 9.79. The number of nitrogens with zero attached hydrogens (tertiary/aromatic N) is 2. The second-order valence-corrected chi connectivity index (χ2v) is 8.44. The van der Waals surface area contributed by atoms with Crippen LogP contribution in [-0.2, 0) is 6.42 Å². The van der Waals surface area contributed by atoms with Crippen LogP contribution in [0.15, 0.2) is 54.9 Å². The number of aromatic amines is 1. The average molecular weight is 446 g/mol. The maximum atomic E-state index is 13.5. The topological polar surface area (TPSA) is 86.3 Å². The van der Waals surface area contributed by atoms with Gasteiger partial charge in [0.1, 0.15) is 5.52 Å². The molecule has 0 aliphatic carbocycles. The molecule has 0 atom stereocenters. The Morgan fingerprint density at radius 1 is 1.00 bits per heavy atom. The van der Waals surface area contributed by atoms with Crippen molar-refractivity contribution in [3.63, 3.8) is 0 Å². The molecule has 0 saturated heterocycles.